The Hall–Kier alpha value is -2.90. The highest BCUT2D eigenvalue weighted by Gasteiger charge is 2.37. The molecule has 31 heavy (non-hydrogen) atoms. The van der Waals surface area contributed by atoms with Gasteiger partial charge >= 0.3 is 0 Å². The summed E-state index contributed by atoms with van der Waals surface area (Å²) in [4.78, 5) is 29.6. The molecule has 2 aliphatic heterocycles. The quantitative estimate of drug-likeness (QED) is 0.742. The lowest BCUT2D eigenvalue weighted by molar-refractivity contribution is -0.142. The number of piperazine rings is 1. The van der Waals surface area contributed by atoms with E-state index in [0.717, 1.165) is 16.9 Å². The van der Waals surface area contributed by atoms with Gasteiger partial charge in [0.15, 0.2) is 0 Å². The minimum atomic E-state index is -0.139. The fourth-order valence-corrected chi connectivity index (χ4v) is 4.32. The van der Waals surface area contributed by atoms with Crippen LogP contribution in [0.3, 0.4) is 0 Å². The second-order valence-corrected chi connectivity index (χ2v) is 8.07. The first kappa shape index (κ1) is 21.3. The van der Waals surface area contributed by atoms with Gasteiger partial charge in [0.05, 0.1) is 19.1 Å². The van der Waals surface area contributed by atoms with Gasteiger partial charge in [-0.3, -0.25) is 15.0 Å². The fourth-order valence-electron chi connectivity index (χ4n) is 4.32. The van der Waals surface area contributed by atoms with Gasteiger partial charge in [0.2, 0.25) is 11.8 Å². The van der Waals surface area contributed by atoms with Gasteiger partial charge < -0.3 is 14.5 Å². The normalized spacial score (nSPS) is 21.2. The van der Waals surface area contributed by atoms with E-state index in [2.05, 4.69) is 10.9 Å². The van der Waals surface area contributed by atoms with Crippen LogP contribution in [0.15, 0.2) is 54.6 Å². The number of carbonyl (C=O) groups is 2. The van der Waals surface area contributed by atoms with Gasteiger partial charge in [-0.1, -0.05) is 42.5 Å². The second-order valence-electron chi connectivity index (χ2n) is 8.07. The van der Waals surface area contributed by atoms with Crippen molar-refractivity contribution in [1.82, 2.24) is 20.7 Å². The first-order chi connectivity index (χ1) is 15.2. The third kappa shape index (κ3) is 5.06. The van der Waals surface area contributed by atoms with Crippen LogP contribution in [0, 0.1) is 5.92 Å². The highest BCUT2D eigenvalue weighted by Crippen LogP contribution is 2.27. The van der Waals surface area contributed by atoms with Gasteiger partial charge in [-0.25, -0.2) is 5.43 Å². The highest BCUT2D eigenvalue weighted by atomic mass is 16.5. The van der Waals surface area contributed by atoms with Crippen molar-refractivity contribution in [2.45, 2.75) is 18.9 Å². The van der Waals surface area contributed by atoms with Crippen LogP contribution in [0.2, 0.25) is 0 Å². The van der Waals surface area contributed by atoms with Crippen LogP contribution in [0.25, 0.3) is 0 Å². The average molecular weight is 423 g/mol. The van der Waals surface area contributed by atoms with Gasteiger partial charge in [0, 0.05) is 39.1 Å². The molecule has 2 heterocycles. The summed E-state index contributed by atoms with van der Waals surface area (Å²) >= 11 is 0. The molecule has 0 spiro atoms. The van der Waals surface area contributed by atoms with E-state index >= 15 is 0 Å². The molecule has 0 saturated carbocycles. The Morgan fingerprint density at radius 1 is 0.968 bits per heavy atom. The third-order valence-electron chi connectivity index (χ3n) is 6.19. The summed E-state index contributed by atoms with van der Waals surface area (Å²) in [5.74, 6) is 0.976. The van der Waals surface area contributed by atoms with Crippen molar-refractivity contribution in [2.75, 3.05) is 39.8 Å². The number of hydrogen-bond acceptors (Lipinski definition) is 5. The van der Waals surface area contributed by atoms with Gasteiger partial charge in [-0.05, 0) is 29.7 Å². The number of methoxy groups -OCH3 is 1. The van der Waals surface area contributed by atoms with Crippen molar-refractivity contribution in [3.8, 4) is 5.75 Å². The maximum Gasteiger partial charge on any atom is 0.229 e. The van der Waals surface area contributed by atoms with Crippen molar-refractivity contribution >= 4 is 11.8 Å². The number of aryl methyl sites for hydroxylation is 1. The minimum absolute atomic E-state index is 0.0298. The molecule has 164 valence electrons. The zero-order valence-electron chi connectivity index (χ0n) is 17.9. The fraction of sp³-hybridized carbons (Fsp3) is 0.417. The molecule has 0 aliphatic carbocycles. The molecule has 2 aromatic rings. The number of hydrazine groups is 1. The molecule has 2 amide bonds. The van der Waals surface area contributed by atoms with E-state index < -0.39 is 0 Å². The molecule has 2 N–H and O–H groups in total. The van der Waals surface area contributed by atoms with E-state index in [1.54, 1.807) is 7.11 Å². The van der Waals surface area contributed by atoms with E-state index in [4.69, 9.17) is 4.74 Å². The maximum absolute atomic E-state index is 13.2. The number of carbonyl (C=O) groups excluding carboxylic acids is 2. The number of hydrogen-bond donors (Lipinski definition) is 2. The Morgan fingerprint density at radius 3 is 2.32 bits per heavy atom. The molecule has 4 rings (SSSR count). The molecule has 2 saturated heterocycles. The number of benzene rings is 2. The molecule has 0 aromatic heterocycles. The Labute approximate surface area is 183 Å². The molecule has 7 heteroatoms. The van der Waals surface area contributed by atoms with Crippen molar-refractivity contribution < 1.29 is 14.3 Å². The first-order valence-corrected chi connectivity index (χ1v) is 10.9. The van der Waals surface area contributed by atoms with Crippen molar-refractivity contribution in [3.63, 3.8) is 0 Å². The van der Waals surface area contributed by atoms with Crippen molar-refractivity contribution in [2.24, 2.45) is 5.92 Å². The standard InChI is InChI=1S/C24H30N4O3/c1-31-20-10-7-18(8-11-20)9-12-22(29)27-13-15-28(16-14-27)24(30)21-17-25-26-23(21)19-5-3-2-4-6-19/h2-8,10-11,21,23,25-26H,9,12-17H2,1H3. The lowest BCUT2D eigenvalue weighted by Crippen LogP contribution is -2.52. The SMILES string of the molecule is COc1ccc(CCC(=O)N2CCN(C(=O)C3CNNC3c3ccccc3)CC2)cc1. The van der Waals surface area contributed by atoms with Gasteiger partial charge in [0.25, 0.3) is 0 Å². The molecule has 2 fully saturated rings. The molecule has 2 unspecified atom stereocenters. The largest absolute Gasteiger partial charge is 0.497 e. The van der Waals surface area contributed by atoms with E-state index in [1.165, 1.54) is 0 Å². The number of nitrogens with one attached hydrogen (secondary N) is 2. The summed E-state index contributed by atoms with van der Waals surface area (Å²) < 4.78 is 5.17. The van der Waals surface area contributed by atoms with Gasteiger partial charge in [0.1, 0.15) is 5.75 Å². The molecule has 0 radical (unpaired) electrons. The first-order valence-electron chi connectivity index (χ1n) is 10.9. The Morgan fingerprint density at radius 2 is 1.65 bits per heavy atom. The summed E-state index contributed by atoms with van der Waals surface area (Å²) in [5.41, 5.74) is 8.61. The highest BCUT2D eigenvalue weighted by molar-refractivity contribution is 5.81. The molecule has 2 aliphatic rings. The Bertz CT molecular complexity index is 879. The number of rotatable bonds is 6. The van der Waals surface area contributed by atoms with Crippen molar-refractivity contribution in [1.29, 1.82) is 0 Å². The monoisotopic (exact) mass is 422 g/mol. The van der Waals surface area contributed by atoms with Crippen LogP contribution < -0.4 is 15.6 Å². The van der Waals surface area contributed by atoms with Crippen LogP contribution in [-0.2, 0) is 16.0 Å². The van der Waals surface area contributed by atoms with Crippen LogP contribution >= 0.6 is 0 Å². The molecule has 2 aromatic carbocycles. The van der Waals surface area contributed by atoms with Crippen LogP contribution in [0.4, 0.5) is 0 Å². The van der Waals surface area contributed by atoms with Crippen LogP contribution in [-0.4, -0.2) is 61.4 Å². The number of ether oxygens (including phenoxy) is 1. The summed E-state index contributed by atoms with van der Waals surface area (Å²) in [6.07, 6.45) is 1.19. The van der Waals surface area contributed by atoms with Gasteiger partial charge in [-0.15, -0.1) is 0 Å². The molecular weight excluding hydrogens is 392 g/mol. The third-order valence-corrected chi connectivity index (χ3v) is 6.19. The Balaban J connectivity index is 1.26. The zero-order chi connectivity index (χ0) is 21.6. The smallest absolute Gasteiger partial charge is 0.229 e. The predicted octanol–water partition coefficient (Wildman–Crippen LogP) is 1.76. The number of amides is 2. The van der Waals surface area contributed by atoms with E-state index in [-0.39, 0.29) is 23.8 Å². The van der Waals surface area contributed by atoms with Crippen LogP contribution in [0.5, 0.6) is 5.75 Å². The topological polar surface area (TPSA) is 73.9 Å². The van der Waals surface area contributed by atoms with Gasteiger partial charge in [-0.2, -0.15) is 0 Å². The lowest BCUT2D eigenvalue weighted by Gasteiger charge is -2.36. The molecule has 2 atom stereocenters. The summed E-state index contributed by atoms with van der Waals surface area (Å²) in [7, 11) is 1.64. The van der Waals surface area contributed by atoms with Crippen molar-refractivity contribution in [3.05, 3.63) is 65.7 Å². The predicted molar refractivity (Wildman–Crippen MR) is 118 cm³/mol. The summed E-state index contributed by atoms with van der Waals surface area (Å²) in [6, 6.07) is 17.9. The zero-order valence-corrected chi connectivity index (χ0v) is 17.9. The summed E-state index contributed by atoms with van der Waals surface area (Å²) in [6.45, 7) is 2.98. The Kier molecular flexibility index (Phi) is 6.84. The summed E-state index contributed by atoms with van der Waals surface area (Å²) in [5, 5.41) is 0. The minimum Gasteiger partial charge on any atom is -0.497 e. The lowest BCUT2D eigenvalue weighted by atomic mass is 9.93. The van der Waals surface area contributed by atoms with E-state index in [0.29, 0.717) is 45.6 Å². The molecule has 7 nitrogen and oxygen atoms in total. The number of nitrogens with zero attached hydrogens (tertiary/aromatic N) is 2. The van der Waals surface area contributed by atoms with Crippen LogP contribution in [0.1, 0.15) is 23.6 Å². The van der Waals surface area contributed by atoms with E-state index in [9.17, 15) is 9.59 Å². The van der Waals surface area contributed by atoms with E-state index in [1.807, 2.05) is 64.4 Å². The average Bonchev–Trinajstić information content (AvgIpc) is 3.33. The maximum atomic E-state index is 13.2. The second kappa shape index (κ2) is 9.94. The molecule has 0 bridgehead atoms. The molecular formula is C24H30N4O3.